The molecule has 4 heteroatoms. The summed E-state index contributed by atoms with van der Waals surface area (Å²) >= 11 is 0. The van der Waals surface area contributed by atoms with E-state index in [1.807, 2.05) is 35.2 Å². The van der Waals surface area contributed by atoms with Gasteiger partial charge < -0.3 is 10.2 Å². The van der Waals surface area contributed by atoms with E-state index < -0.39 is 5.41 Å². The average Bonchev–Trinajstić information content (AvgIpc) is 2.74. The van der Waals surface area contributed by atoms with E-state index in [2.05, 4.69) is 43.4 Å². The number of amides is 2. The molecule has 1 fully saturated rings. The third-order valence-corrected chi connectivity index (χ3v) is 5.68. The minimum Gasteiger partial charge on any atom is -0.324 e. The van der Waals surface area contributed by atoms with Crippen LogP contribution in [0.15, 0.2) is 48.5 Å². The van der Waals surface area contributed by atoms with E-state index in [9.17, 15) is 10.1 Å². The Balaban J connectivity index is 1.72. The fourth-order valence-corrected chi connectivity index (χ4v) is 3.90. The molecule has 0 unspecified atom stereocenters. The summed E-state index contributed by atoms with van der Waals surface area (Å²) in [5.74, 6) is 0. The van der Waals surface area contributed by atoms with Gasteiger partial charge in [-0.2, -0.15) is 5.26 Å². The van der Waals surface area contributed by atoms with E-state index in [-0.39, 0.29) is 6.03 Å². The molecule has 1 aliphatic rings. The number of aryl methyl sites for hydroxylation is 2. The van der Waals surface area contributed by atoms with Crippen LogP contribution in [0.2, 0.25) is 0 Å². The third-order valence-electron chi connectivity index (χ3n) is 5.68. The molecule has 2 aromatic rings. The standard InChI is InChI=1S/C23H27N3O/c1-3-18-9-8-10-19(4-2)21(18)25-22(27)26-15-13-23(17-24,14-16-26)20-11-6-5-7-12-20/h5-12H,3-4,13-16H2,1-2H3,(H,25,27). The van der Waals surface area contributed by atoms with Crippen molar-refractivity contribution in [3.8, 4) is 6.07 Å². The van der Waals surface area contributed by atoms with Gasteiger partial charge in [0, 0.05) is 18.8 Å². The highest BCUT2D eigenvalue weighted by molar-refractivity contribution is 5.91. The van der Waals surface area contributed by atoms with Crippen molar-refractivity contribution in [1.82, 2.24) is 4.90 Å². The van der Waals surface area contributed by atoms with Crippen molar-refractivity contribution >= 4 is 11.7 Å². The van der Waals surface area contributed by atoms with Crippen LogP contribution in [0.3, 0.4) is 0 Å². The number of hydrogen-bond donors (Lipinski definition) is 1. The lowest BCUT2D eigenvalue weighted by Gasteiger charge is -2.37. The Morgan fingerprint density at radius 3 is 2.15 bits per heavy atom. The highest BCUT2D eigenvalue weighted by Gasteiger charge is 2.37. The monoisotopic (exact) mass is 361 g/mol. The highest BCUT2D eigenvalue weighted by Crippen LogP contribution is 2.35. The van der Waals surface area contributed by atoms with Gasteiger partial charge in [0.2, 0.25) is 0 Å². The number of nitriles is 1. The maximum atomic E-state index is 12.9. The van der Waals surface area contributed by atoms with Crippen molar-refractivity contribution in [1.29, 1.82) is 5.26 Å². The van der Waals surface area contributed by atoms with E-state index in [4.69, 9.17) is 0 Å². The van der Waals surface area contributed by atoms with Crippen molar-refractivity contribution in [2.24, 2.45) is 0 Å². The van der Waals surface area contributed by atoms with Crippen LogP contribution in [0.25, 0.3) is 0 Å². The van der Waals surface area contributed by atoms with Gasteiger partial charge in [0.25, 0.3) is 0 Å². The molecule has 1 N–H and O–H groups in total. The molecule has 0 aromatic heterocycles. The topological polar surface area (TPSA) is 56.1 Å². The Kier molecular flexibility index (Phi) is 5.81. The summed E-state index contributed by atoms with van der Waals surface area (Å²) in [7, 11) is 0. The number of para-hydroxylation sites is 1. The van der Waals surface area contributed by atoms with E-state index >= 15 is 0 Å². The molecule has 2 amide bonds. The SMILES string of the molecule is CCc1cccc(CC)c1NC(=O)N1CCC(C#N)(c2ccccc2)CC1. The zero-order valence-corrected chi connectivity index (χ0v) is 16.2. The molecule has 0 spiro atoms. The van der Waals surface area contributed by atoms with Crippen molar-refractivity contribution in [2.75, 3.05) is 18.4 Å². The summed E-state index contributed by atoms with van der Waals surface area (Å²) in [6.45, 7) is 5.38. The zero-order valence-electron chi connectivity index (χ0n) is 16.2. The van der Waals surface area contributed by atoms with E-state index in [1.165, 1.54) is 0 Å². The minimum atomic E-state index is -0.492. The van der Waals surface area contributed by atoms with Gasteiger partial charge in [-0.3, -0.25) is 0 Å². The van der Waals surface area contributed by atoms with Crippen LogP contribution in [0.4, 0.5) is 10.5 Å². The smallest absolute Gasteiger partial charge is 0.321 e. The molecule has 0 aliphatic carbocycles. The van der Waals surface area contributed by atoms with Gasteiger partial charge >= 0.3 is 6.03 Å². The number of piperidine rings is 1. The summed E-state index contributed by atoms with van der Waals surface area (Å²) in [5, 5.41) is 13.0. The summed E-state index contributed by atoms with van der Waals surface area (Å²) in [5.41, 5.74) is 3.84. The van der Waals surface area contributed by atoms with Gasteiger partial charge in [-0.05, 0) is 42.4 Å². The second-order valence-electron chi connectivity index (χ2n) is 7.14. The molecule has 4 nitrogen and oxygen atoms in total. The van der Waals surface area contributed by atoms with Gasteiger partial charge in [-0.15, -0.1) is 0 Å². The van der Waals surface area contributed by atoms with Crippen molar-refractivity contribution in [3.05, 3.63) is 65.2 Å². The Labute approximate surface area is 161 Å². The van der Waals surface area contributed by atoms with Crippen LogP contribution in [-0.4, -0.2) is 24.0 Å². The second kappa shape index (κ2) is 8.26. The summed E-state index contributed by atoms with van der Waals surface area (Å²) in [4.78, 5) is 14.7. The first-order chi connectivity index (χ1) is 13.1. The largest absolute Gasteiger partial charge is 0.324 e. The molecule has 0 saturated carbocycles. The van der Waals surface area contributed by atoms with Crippen LogP contribution < -0.4 is 5.32 Å². The van der Waals surface area contributed by atoms with Gasteiger partial charge in [0.1, 0.15) is 0 Å². The number of likely N-dealkylation sites (tertiary alicyclic amines) is 1. The molecule has 0 bridgehead atoms. The third kappa shape index (κ3) is 3.83. The normalized spacial score (nSPS) is 15.8. The number of anilines is 1. The fourth-order valence-electron chi connectivity index (χ4n) is 3.90. The molecule has 1 saturated heterocycles. The lowest BCUT2D eigenvalue weighted by Crippen LogP contribution is -2.46. The van der Waals surface area contributed by atoms with Gasteiger partial charge in [-0.25, -0.2) is 4.79 Å². The lowest BCUT2D eigenvalue weighted by molar-refractivity contribution is 0.183. The molecule has 2 aromatic carbocycles. The number of nitrogens with zero attached hydrogens (tertiary/aromatic N) is 2. The molecule has 140 valence electrons. The van der Waals surface area contributed by atoms with Crippen LogP contribution in [0, 0.1) is 11.3 Å². The van der Waals surface area contributed by atoms with Crippen LogP contribution >= 0.6 is 0 Å². The molecule has 1 heterocycles. The van der Waals surface area contributed by atoms with Crippen LogP contribution in [-0.2, 0) is 18.3 Å². The van der Waals surface area contributed by atoms with Gasteiger partial charge in [0.05, 0.1) is 11.5 Å². The minimum absolute atomic E-state index is 0.0646. The Morgan fingerprint density at radius 1 is 1.04 bits per heavy atom. The van der Waals surface area contributed by atoms with Crippen molar-refractivity contribution in [3.63, 3.8) is 0 Å². The quantitative estimate of drug-likeness (QED) is 0.842. The molecule has 1 aliphatic heterocycles. The summed E-state index contributed by atoms with van der Waals surface area (Å²) in [6.07, 6.45) is 3.10. The Bertz CT molecular complexity index is 808. The molecule has 3 rings (SSSR count). The van der Waals surface area contributed by atoms with Gasteiger partial charge in [-0.1, -0.05) is 62.4 Å². The average molecular weight is 361 g/mol. The number of nitrogens with one attached hydrogen (secondary N) is 1. The van der Waals surface area contributed by atoms with Crippen molar-refractivity contribution in [2.45, 2.75) is 44.9 Å². The second-order valence-corrected chi connectivity index (χ2v) is 7.14. The Morgan fingerprint density at radius 2 is 1.63 bits per heavy atom. The van der Waals surface area contributed by atoms with Crippen LogP contribution in [0.1, 0.15) is 43.4 Å². The van der Waals surface area contributed by atoms with E-state index in [1.54, 1.807) is 0 Å². The number of urea groups is 1. The van der Waals surface area contributed by atoms with E-state index in [0.717, 1.165) is 35.2 Å². The first-order valence-corrected chi connectivity index (χ1v) is 9.77. The molecule has 27 heavy (non-hydrogen) atoms. The van der Waals surface area contributed by atoms with E-state index in [0.29, 0.717) is 25.9 Å². The molecule has 0 radical (unpaired) electrons. The van der Waals surface area contributed by atoms with Crippen molar-refractivity contribution < 1.29 is 4.79 Å². The number of carbonyl (C=O) groups excluding carboxylic acids is 1. The first-order valence-electron chi connectivity index (χ1n) is 9.77. The summed E-state index contributed by atoms with van der Waals surface area (Å²) < 4.78 is 0. The Hall–Kier alpha value is -2.80. The zero-order chi connectivity index (χ0) is 19.3. The maximum Gasteiger partial charge on any atom is 0.321 e. The number of hydrogen-bond acceptors (Lipinski definition) is 2. The number of benzene rings is 2. The first kappa shape index (κ1) is 19.0. The maximum absolute atomic E-state index is 12.9. The summed E-state index contributed by atoms with van der Waals surface area (Å²) in [6, 6.07) is 18.6. The van der Waals surface area contributed by atoms with Gasteiger partial charge in [0.15, 0.2) is 0 Å². The predicted octanol–water partition coefficient (Wildman–Crippen LogP) is 4.90. The number of rotatable bonds is 4. The fraction of sp³-hybridized carbons (Fsp3) is 0.391. The molecular weight excluding hydrogens is 334 g/mol. The predicted molar refractivity (Wildman–Crippen MR) is 109 cm³/mol. The van der Waals surface area contributed by atoms with Crippen LogP contribution in [0.5, 0.6) is 0 Å². The molecule has 0 atom stereocenters. The molecular formula is C23H27N3O. The highest BCUT2D eigenvalue weighted by atomic mass is 16.2. The lowest BCUT2D eigenvalue weighted by atomic mass is 9.74. The number of carbonyl (C=O) groups is 1.